The molecule has 2 aromatic rings. The van der Waals surface area contributed by atoms with Crippen LogP contribution in [0.5, 0.6) is 0 Å². The van der Waals surface area contributed by atoms with E-state index in [1.54, 1.807) is 26.5 Å². The Kier molecular flexibility index (Phi) is 5.50. The number of nitrogens with two attached hydrogens (primary N) is 1. The molecule has 2 aliphatic carbocycles. The summed E-state index contributed by atoms with van der Waals surface area (Å²) in [5.74, 6) is 0.976. The van der Waals surface area contributed by atoms with Gasteiger partial charge in [-0.05, 0) is 31.1 Å². The predicted molar refractivity (Wildman–Crippen MR) is 112 cm³/mol. The average Bonchev–Trinajstić information content (AvgIpc) is 3.40. The number of halogens is 1. The van der Waals surface area contributed by atoms with Gasteiger partial charge in [0.05, 0.1) is 24.0 Å². The molecule has 0 saturated heterocycles. The summed E-state index contributed by atoms with van der Waals surface area (Å²) in [4.78, 5) is 34.0. The Morgan fingerprint density at radius 1 is 1.30 bits per heavy atom. The molecule has 2 aliphatic rings. The molecule has 0 radical (unpaired) electrons. The third-order valence-electron chi connectivity index (χ3n) is 5.98. The Morgan fingerprint density at radius 3 is 2.80 bits per heavy atom. The van der Waals surface area contributed by atoms with Crippen molar-refractivity contribution in [2.45, 2.75) is 31.8 Å². The number of fused-ring (bicyclic) bond motifs is 2. The van der Waals surface area contributed by atoms with Gasteiger partial charge >= 0.3 is 0 Å². The molecule has 0 aromatic carbocycles. The molecule has 2 heterocycles. The van der Waals surface area contributed by atoms with Crippen LogP contribution in [-0.4, -0.2) is 56.6 Å². The number of amides is 2. The van der Waals surface area contributed by atoms with E-state index in [0.29, 0.717) is 34.3 Å². The predicted octanol–water partition coefficient (Wildman–Crippen LogP) is 1.47. The molecule has 2 amide bonds. The van der Waals surface area contributed by atoms with Gasteiger partial charge in [-0.15, -0.1) is 0 Å². The molecule has 0 spiro atoms. The van der Waals surface area contributed by atoms with Crippen molar-refractivity contribution < 1.29 is 9.59 Å². The van der Waals surface area contributed by atoms with E-state index in [2.05, 4.69) is 25.7 Å². The second-order valence-electron chi connectivity index (χ2n) is 8.16. The molecular formula is C19H25ClN8O2. The number of nitrogens with zero attached hydrogens (tertiary/aromatic N) is 5. The first-order valence-electron chi connectivity index (χ1n) is 9.90. The second-order valence-corrected chi connectivity index (χ2v) is 8.57. The van der Waals surface area contributed by atoms with Gasteiger partial charge < -0.3 is 21.3 Å². The average molecular weight is 433 g/mol. The van der Waals surface area contributed by atoms with Gasteiger partial charge in [0.25, 0.3) is 0 Å². The molecule has 0 unspecified atom stereocenters. The van der Waals surface area contributed by atoms with Gasteiger partial charge in [-0.3, -0.25) is 14.3 Å². The minimum Gasteiger partial charge on any atom is -0.369 e. The maximum Gasteiger partial charge on any atom is 0.243 e. The Hall–Kier alpha value is -2.88. The molecule has 0 aliphatic heterocycles. The number of rotatable bonds is 7. The number of nitrogens with one attached hydrogen (secondary N) is 2. The van der Waals surface area contributed by atoms with Gasteiger partial charge in [0, 0.05) is 26.3 Å². The highest BCUT2D eigenvalue weighted by molar-refractivity contribution is 6.32. The molecule has 2 fully saturated rings. The topological polar surface area (TPSA) is 131 Å². The van der Waals surface area contributed by atoms with Crippen molar-refractivity contribution in [3.05, 3.63) is 23.6 Å². The van der Waals surface area contributed by atoms with E-state index in [-0.39, 0.29) is 30.3 Å². The first-order valence-corrected chi connectivity index (χ1v) is 10.3. The first-order chi connectivity index (χ1) is 14.3. The lowest BCUT2D eigenvalue weighted by Crippen LogP contribution is -2.42. The van der Waals surface area contributed by atoms with Crippen LogP contribution in [0.25, 0.3) is 0 Å². The van der Waals surface area contributed by atoms with E-state index in [0.717, 1.165) is 19.3 Å². The van der Waals surface area contributed by atoms with Gasteiger partial charge in [0.15, 0.2) is 5.82 Å². The van der Waals surface area contributed by atoms with Crippen LogP contribution in [0, 0.1) is 17.8 Å². The maximum atomic E-state index is 12.0. The standard InChI is InChI=1S/C19H25ClN8O2/c1-27(2)14(29)9-28-8-12(6-23-28)24-19-22-7-13(20)18(26-19)25-16-11-4-3-10(5-11)15(16)17(21)30/h6-8,10-11,15-16H,3-5,9H2,1-2H3,(H2,21,30)(H2,22,24,25,26)/t10-,11-,15-,16+/m0/s1. The van der Waals surface area contributed by atoms with E-state index in [4.69, 9.17) is 17.3 Å². The summed E-state index contributed by atoms with van der Waals surface area (Å²) in [6, 6.07) is -0.0682. The smallest absolute Gasteiger partial charge is 0.243 e. The highest BCUT2D eigenvalue weighted by atomic mass is 35.5. The number of hydrogen-bond donors (Lipinski definition) is 3. The van der Waals surface area contributed by atoms with Gasteiger partial charge in [-0.1, -0.05) is 11.6 Å². The fourth-order valence-electron chi connectivity index (χ4n) is 4.52. The molecule has 11 heteroatoms. The van der Waals surface area contributed by atoms with E-state index < -0.39 is 0 Å². The van der Waals surface area contributed by atoms with Gasteiger partial charge in [-0.25, -0.2) is 4.98 Å². The SMILES string of the molecule is CN(C)C(=O)Cn1cc(Nc2ncc(Cl)c(N[C@@H]3[C@H]4CC[C@@H](C4)[C@@H]3C(N)=O)n2)cn1. The molecule has 2 bridgehead atoms. The van der Waals surface area contributed by atoms with E-state index in [1.165, 1.54) is 15.8 Å². The summed E-state index contributed by atoms with van der Waals surface area (Å²) in [7, 11) is 3.39. The Balaban J connectivity index is 1.47. The summed E-state index contributed by atoms with van der Waals surface area (Å²) >= 11 is 6.31. The van der Waals surface area contributed by atoms with Crippen molar-refractivity contribution in [1.29, 1.82) is 0 Å². The normalized spacial score (nSPS) is 24.6. The van der Waals surface area contributed by atoms with Crippen molar-refractivity contribution in [3.63, 3.8) is 0 Å². The molecule has 4 N–H and O–H groups in total. The summed E-state index contributed by atoms with van der Waals surface area (Å²) in [6.45, 7) is 0.141. The zero-order valence-electron chi connectivity index (χ0n) is 16.9. The third-order valence-corrected chi connectivity index (χ3v) is 6.25. The van der Waals surface area contributed by atoms with Gasteiger partial charge in [0.2, 0.25) is 17.8 Å². The van der Waals surface area contributed by atoms with Crippen LogP contribution in [0.2, 0.25) is 5.02 Å². The number of carbonyl (C=O) groups is 2. The van der Waals surface area contributed by atoms with Crippen LogP contribution in [0.15, 0.2) is 18.6 Å². The van der Waals surface area contributed by atoms with Crippen LogP contribution < -0.4 is 16.4 Å². The summed E-state index contributed by atoms with van der Waals surface area (Å²) < 4.78 is 1.53. The minimum absolute atomic E-state index is 0.0613. The first kappa shape index (κ1) is 20.4. The summed E-state index contributed by atoms with van der Waals surface area (Å²) in [5, 5.41) is 11.0. The molecule has 30 heavy (non-hydrogen) atoms. The second kappa shape index (κ2) is 8.10. The van der Waals surface area contributed by atoms with Crippen molar-refractivity contribution in [2.24, 2.45) is 23.5 Å². The highest BCUT2D eigenvalue weighted by Crippen LogP contribution is 2.49. The number of hydrogen-bond acceptors (Lipinski definition) is 7. The highest BCUT2D eigenvalue weighted by Gasteiger charge is 2.50. The minimum atomic E-state index is -0.275. The lowest BCUT2D eigenvalue weighted by atomic mass is 9.84. The number of anilines is 3. The van der Waals surface area contributed by atoms with Crippen molar-refractivity contribution in [3.8, 4) is 0 Å². The molecule has 160 valence electrons. The lowest BCUT2D eigenvalue weighted by molar-refractivity contribution is -0.129. The molecule has 10 nitrogen and oxygen atoms in total. The van der Waals surface area contributed by atoms with E-state index in [9.17, 15) is 9.59 Å². The van der Waals surface area contributed by atoms with Crippen LogP contribution in [0.3, 0.4) is 0 Å². The number of likely N-dealkylation sites (N-methyl/N-ethyl adjacent to an activating group) is 1. The van der Waals surface area contributed by atoms with Gasteiger partial charge in [-0.2, -0.15) is 10.1 Å². The molecule has 2 saturated carbocycles. The Labute approximate surface area is 179 Å². The monoisotopic (exact) mass is 432 g/mol. The molecular weight excluding hydrogens is 408 g/mol. The third kappa shape index (κ3) is 4.04. The number of carbonyl (C=O) groups excluding carboxylic acids is 2. The van der Waals surface area contributed by atoms with E-state index >= 15 is 0 Å². The molecule has 2 aromatic heterocycles. The summed E-state index contributed by atoms with van der Waals surface area (Å²) in [6.07, 6.45) is 7.92. The van der Waals surface area contributed by atoms with Crippen LogP contribution in [0.4, 0.5) is 17.5 Å². The fraction of sp³-hybridized carbons (Fsp3) is 0.526. The van der Waals surface area contributed by atoms with Crippen molar-refractivity contribution >= 4 is 40.9 Å². The van der Waals surface area contributed by atoms with Crippen LogP contribution in [-0.2, 0) is 16.1 Å². The van der Waals surface area contributed by atoms with Crippen molar-refractivity contribution in [1.82, 2.24) is 24.6 Å². The zero-order valence-corrected chi connectivity index (χ0v) is 17.6. The quantitative estimate of drug-likeness (QED) is 0.603. The molecule has 4 atom stereocenters. The maximum absolute atomic E-state index is 12.0. The van der Waals surface area contributed by atoms with Crippen LogP contribution >= 0.6 is 11.6 Å². The number of aromatic nitrogens is 4. The van der Waals surface area contributed by atoms with Crippen LogP contribution in [0.1, 0.15) is 19.3 Å². The fourth-order valence-corrected chi connectivity index (χ4v) is 4.66. The van der Waals surface area contributed by atoms with Gasteiger partial charge in [0.1, 0.15) is 11.6 Å². The Morgan fingerprint density at radius 2 is 2.07 bits per heavy atom. The van der Waals surface area contributed by atoms with E-state index in [1.807, 2.05) is 0 Å². The number of primary amides is 1. The lowest BCUT2D eigenvalue weighted by Gasteiger charge is -2.30. The summed E-state index contributed by atoms with van der Waals surface area (Å²) in [5.41, 5.74) is 6.30. The largest absolute Gasteiger partial charge is 0.369 e. The van der Waals surface area contributed by atoms with Crippen molar-refractivity contribution in [2.75, 3.05) is 24.7 Å². The Bertz CT molecular complexity index is 962. The zero-order chi connectivity index (χ0) is 21.4. The molecule has 4 rings (SSSR count).